The van der Waals surface area contributed by atoms with Crippen molar-refractivity contribution in [1.29, 1.82) is 0 Å². The minimum atomic E-state index is 0.514. The summed E-state index contributed by atoms with van der Waals surface area (Å²) in [5.41, 5.74) is 5.41. The first kappa shape index (κ1) is 11.9. The summed E-state index contributed by atoms with van der Waals surface area (Å²) in [6, 6.07) is 0.514. The van der Waals surface area contributed by atoms with Gasteiger partial charge in [0.2, 0.25) is 0 Å². The van der Waals surface area contributed by atoms with Gasteiger partial charge in [-0.1, -0.05) is 6.92 Å². The Balaban J connectivity index is 2.97. The van der Waals surface area contributed by atoms with Crippen LogP contribution in [-0.2, 0) is 4.74 Å². The third kappa shape index (κ3) is 7.98. The Morgan fingerprint density at radius 2 is 2.17 bits per heavy atom. The van der Waals surface area contributed by atoms with Crippen LogP contribution in [0, 0.1) is 0 Å². The molecular weight excluding hydrogens is 152 g/mol. The van der Waals surface area contributed by atoms with Crippen LogP contribution in [0.3, 0.4) is 0 Å². The van der Waals surface area contributed by atoms with E-state index in [-0.39, 0.29) is 0 Å². The fourth-order valence-corrected chi connectivity index (χ4v) is 0.976. The first-order valence-electron chi connectivity index (χ1n) is 4.82. The molecule has 3 N–H and O–H groups in total. The van der Waals surface area contributed by atoms with E-state index in [4.69, 9.17) is 10.5 Å². The predicted molar refractivity (Wildman–Crippen MR) is 52.2 cm³/mol. The Morgan fingerprint density at radius 1 is 1.42 bits per heavy atom. The normalized spacial score (nSPS) is 13.2. The summed E-state index contributed by atoms with van der Waals surface area (Å²) in [4.78, 5) is 0. The van der Waals surface area contributed by atoms with Crippen molar-refractivity contribution in [2.24, 2.45) is 5.73 Å². The van der Waals surface area contributed by atoms with Crippen molar-refractivity contribution in [2.45, 2.75) is 32.7 Å². The fourth-order valence-electron chi connectivity index (χ4n) is 0.976. The molecule has 0 aromatic carbocycles. The van der Waals surface area contributed by atoms with Crippen LogP contribution in [0.15, 0.2) is 0 Å². The minimum absolute atomic E-state index is 0.514. The van der Waals surface area contributed by atoms with Gasteiger partial charge in [-0.2, -0.15) is 0 Å². The molecule has 0 bridgehead atoms. The molecule has 1 unspecified atom stereocenters. The number of rotatable bonds is 8. The Morgan fingerprint density at radius 3 is 2.75 bits per heavy atom. The molecule has 0 spiro atoms. The number of ether oxygens (including phenoxy) is 1. The SMILES string of the molecule is CCCOCCNC(C)CCN. The van der Waals surface area contributed by atoms with Crippen molar-refractivity contribution in [3.63, 3.8) is 0 Å². The largest absolute Gasteiger partial charge is 0.380 e. The minimum Gasteiger partial charge on any atom is -0.380 e. The summed E-state index contributed by atoms with van der Waals surface area (Å²) in [7, 11) is 0. The number of nitrogens with two attached hydrogens (primary N) is 1. The second-order valence-corrected chi connectivity index (χ2v) is 3.04. The maximum absolute atomic E-state index is 5.41. The molecule has 74 valence electrons. The van der Waals surface area contributed by atoms with E-state index in [0.29, 0.717) is 6.04 Å². The van der Waals surface area contributed by atoms with E-state index in [9.17, 15) is 0 Å². The number of hydrogen-bond donors (Lipinski definition) is 2. The van der Waals surface area contributed by atoms with Gasteiger partial charge in [0, 0.05) is 19.2 Å². The molecule has 0 saturated heterocycles. The third-order valence-corrected chi connectivity index (χ3v) is 1.69. The van der Waals surface area contributed by atoms with Gasteiger partial charge in [0.05, 0.1) is 6.61 Å². The molecule has 0 amide bonds. The molecular formula is C9H22N2O. The molecule has 0 saturated carbocycles. The van der Waals surface area contributed by atoms with Crippen LogP contribution in [0.5, 0.6) is 0 Å². The maximum atomic E-state index is 5.41. The van der Waals surface area contributed by atoms with Gasteiger partial charge < -0.3 is 15.8 Å². The molecule has 12 heavy (non-hydrogen) atoms. The Hall–Kier alpha value is -0.120. The molecule has 0 aliphatic rings. The molecule has 0 aliphatic carbocycles. The van der Waals surface area contributed by atoms with Crippen LogP contribution in [0.2, 0.25) is 0 Å². The van der Waals surface area contributed by atoms with Gasteiger partial charge in [-0.15, -0.1) is 0 Å². The van der Waals surface area contributed by atoms with E-state index in [2.05, 4.69) is 19.2 Å². The average Bonchev–Trinajstić information content (AvgIpc) is 2.05. The highest BCUT2D eigenvalue weighted by Gasteiger charge is 1.97. The van der Waals surface area contributed by atoms with Gasteiger partial charge in [-0.05, 0) is 26.3 Å². The summed E-state index contributed by atoms with van der Waals surface area (Å²) in [5, 5.41) is 3.34. The van der Waals surface area contributed by atoms with Gasteiger partial charge in [0.15, 0.2) is 0 Å². The zero-order chi connectivity index (χ0) is 9.23. The monoisotopic (exact) mass is 174 g/mol. The van der Waals surface area contributed by atoms with Crippen LogP contribution in [0.4, 0.5) is 0 Å². The zero-order valence-corrected chi connectivity index (χ0v) is 8.31. The van der Waals surface area contributed by atoms with Crippen LogP contribution >= 0.6 is 0 Å². The van der Waals surface area contributed by atoms with Gasteiger partial charge in [-0.25, -0.2) is 0 Å². The van der Waals surface area contributed by atoms with E-state index in [1.807, 2.05) is 0 Å². The summed E-state index contributed by atoms with van der Waals surface area (Å²) < 4.78 is 5.32. The molecule has 0 rings (SSSR count). The lowest BCUT2D eigenvalue weighted by Crippen LogP contribution is -2.31. The molecule has 0 heterocycles. The summed E-state index contributed by atoms with van der Waals surface area (Å²) in [6.07, 6.45) is 2.13. The lowest BCUT2D eigenvalue weighted by molar-refractivity contribution is 0.134. The average molecular weight is 174 g/mol. The van der Waals surface area contributed by atoms with Gasteiger partial charge >= 0.3 is 0 Å². The molecule has 1 atom stereocenters. The van der Waals surface area contributed by atoms with Crippen LogP contribution < -0.4 is 11.1 Å². The third-order valence-electron chi connectivity index (χ3n) is 1.69. The maximum Gasteiger partial charge on any atom is 0.0590 e. The van der Waals surface area contributed by atoms with Crippen molar-refractivity contribution < 1.29 is 4.74 Å². The first-order valence-corrected chi connectivity index (χ1v) is 4.82. The number of nitrogens with one attached hydrogen (secondary N) is 1. The van der Waals surface area contributed by atoms with Crippen molar-refractivity contribution in [3.05, 3.63) is 0 Å². The summed E-state index contributed by atoms with van der Waals surface area (Å²) in [6.45, 7) is 7.62. The Kier molecular flexibility index (Phi) is 8.88. The Labute approximate surface area is 75.7 Å². The van der Waals surface area contributed by atoms with E-state index in [1.54, 1.807) is 0 Å². The van der Waals surface area contributed by atoms with Crippen molar-refractivity contribution >= 4 is 0 Å². The smallest absolute Gasteiger partial charge is 0.0590 e. The highest BCUT2D eigenvalue weighted by Crippen LogP contribution is 1.86. The van der Waals surface area contributed by atoms with Crippen molar-refractivity contribution in [3.8, 4) is 0 Å². The van der Waals surface area contributed by atoms with Crippen molar-refractivity contribution in [1.82, 2.24) is 5.32 Å². The summed E-state index contributed by atoms with van der Waals surface area (Å²) >= 11 is 0. The van der Waals surface area contributed by atoms with E-state index in [1.165, 1.54) is 0 Å². The standard InChI is InChI=1S/C9H22N2O/c1-3-7-12-8-6-11-9(2)4-5-10/h9,11H,3-8,10H2,1-2H3. The van der Waals surface area contributed by atoms with E-state index >= 15 is 0 Å². The quantitative estimate of drug-likeness (QED) is 0.534. The highest BCUT2D eigenvalue weighted by molar-refractivity contribution is 4.59. The van der Waals surface area contributed by atoms with Crippen LogP contribution in [-0.4, -0.2) is 32.3 Å². The van der Waals surface area contributed by atoms with E-state index in [0.717, 1.165) is 39.1 Å². The number of hydrogen-bond acceptors (Lipinski definition) is 3. The Bertz CT molecular complexity index is 88.6. The van der Waals surface area contributed by atoms with Crippen LogP contribution in [0.25, 0.3) is 0 Å². The lowest BCUT2D eigenvalue weighted by atomic mass is 10.2. The molecule has 0 aliphatic heterocycles. The molecule has 0 aromatic heterocycles. The molecule has 0 aromatic rings. The van der Waals surface area contributed by atoms with E-state index < -0.39 is 0 Å². The van der Waals surface area contributed by atoms with Crippen molar-refractivity contribution in [2.75, 3.05) is 26.3 Å². The predicted octanol–water partition coefficient (Wildman–Crippen LogP) is 0.740. The molecule has 3 nitrogen and oxygen atoms in total. The molecule has 0 radical (unpaired) electrons. The zero-order valence-electron chi connectivity index (χ0n) is 8.31. The van der Waals surface area contributed by atoms with Gasteiger partial charge in [-0.3, -0.25) is 0 Å². The second-order valence-electron chi connectivity index (χ2n) is 3.04. The summed E-state index contributed by atoms with van der Waals surface area (Å²) in [5.74, 6) is 0. The van der Waals surface area contributed by atoms with Gasteiger partial charge in [0.25, 0.3) is 0 Å². The lowest BCUT2D eigenvalue weighted by Gasteiger charge is -2.12. The van der Waals surface area contributed by atoms with Gasteiger partial charge in [0.1, 0.15) is 0 Å². The molecule has 3 heteroatoms. The first-order chi connectivity index (χ1) is 5.81. The topological polar surface area (TPSA) is 47.3 Å². The fraction of sp³-hybridized carbons (Fsp3) is 1.00. The van der Waals surface area contributed by atoms with Crippen LogP contribution in [0.1, 0.15) is 26.7 Å². The molecule has 0 fully saturated rings. The second kappa shape index (κ2) is 8.97. The highest BCUT2D eigenvalue weighted by atomic mass is 16.5.